The lowest BCUT2D eigenvalue weighted by Crippen LogP contribution is -2.35. The van der Waals surface area contributed by atoms with Gasteiger partial charge in [0.15, 0.2) is 0 Å². The van der Waals surface area contributed by atoms with Crippen LogP contribution in [-0.4, -0.2) is 22.2 Å². The zero-order chi connectivity index (χ0) is 13.7. The molecule has 1 rings (SSSR count). The Kier molecular flexibility index (Phi) is 5.27. The normalized spacial score (nSPS) is 11.9. The highest BCUT2D eigenvalue weighted by atomic mass is 79.9. The molecule has 1 unspecified atom stereocenters. The summed E-state index contributed by atoms with van der Waals surface area (Å²) in [5, 5.41) is 14.3. The van der Waals surface area contributed by atoms with Gasteiger partial charge in [0.1, 0.15) is 0 Å². The number of carbonyl (C=O) groups excluding carboxylic acids is 1. The molecule has 0 aliphatic heterocycles. The Balaban J connectivity index is 2.99. The van der Waals surface area contributed by atoms with Crippen LogP contribution in [0.3, 0.4) is 0 Å². The highest BCUT2D eigenvalue weighted by Gasteiger charge is 2.19. The van der Waals surface area contributed by atoms with Gasteiger partial charge in [0, 0.05) is 28.6 Å². The minimum Gasteiger partial charge on any atom is -0.348 e. The average molecular weight is 315 g/mol. The van der Waals surface area contributed by atoms with Gasteiger partial charge in [-0.05, 0) is 19.4 Å². The van der Waals surface area contributed by atoms with Gasteiger partial charge in [0.05, 0.1) is 4.92 Å². The second-order valence-electron chi connectivity index (χ2n) is 3.94. The molecule has 0 aromatic heterocycles. The lowest BCUT2D eigenvalue weighted by Gasteiger charge is -2.14. The van der Waals surface area contributed by atoms with E-state index in [1.165, 1.54) is 12.1 Å². The van der Waals surface area contributed by atoms with Crippen LogP contribution in [0.5, 0.6) is 0 Å². The van der Waals surface area contributed by atoms with E-state index in [9.17, 15) is 14.9 Å². The van der Waals surface area contributed by atoms with Gasteiger partial charge in [0.25, 0.3) is 11.6 Å². The molecule has 0 spiro atoms. The molecule has 1 aromatic rings. The number of nitro groups is 1. The number of nitro benzene ring substituents is 1. The first-order valence-corrected chi connectivity index (χ1v) is 6.74. The van der Waals surface area contributed by atoms with Gasteiger partial charge in [-0.15, -0.1) is 0 Å². The number of hydrogen-bond donors (Lipinski definition) is 1. The summed E-state index contributed by atoms with van der Waals surface area (Å²) in [6.07, 6.45) is 0.797. The van der Waals surface area contributed by atoms with E-state index in [0.717, 1.165) is 6.42 Å². The van der Waals surface area contributed by atoms with Crippen LogP contribution in [0.4, 0.5) is 5.69 Å². The minimum absolute atomic E-state index is 0.0242. The van der Waals surface area contributed by atoms with Crippen LogP contribution in [0.15, 0.2) is 18.2 Å². The maximum Gasteiger partial charge on any atom is 0.273 e. The standard InChI is InChI=1S/C12H15BrN2O3/c1-3-9(7-13)14-12(16)10-5-4-6-11(8(10)2)15(17)18/h4-6,9H,3,7H2,1-2H3,(H,14,16). The Morgan fingerprint density at radius 2 is 2.22 bits per heavy atom. The van der Waals surface area contributed by atoms with Crippen molar-refractivity contribution in [1.82, 2.24) is 5.32 Å². The lowest BCUT2D eigenvalue weighted by molar-refractivity contribution is -0.385. The van der Waals surface area contributed by atoms with Crippen LogP contribution >= 0.6 is 15.9 Å². The SMILES string of the molecule is CCC(CBr)NC(=O)c1cccc([N+](=O)[O-])c1C. The van der Waals surface area contributed by atoms with Gasteiger partial charge in [-0.1, -0.05) is 28.9 Å². The molecule has 0 aliphatic carbocycles. The second kappa shape index (κ2) is 6.49. The fraction of sp³-hybridized carbons (Fsp3) is 0.417. The van der Waals surface area contributed by atoms with E-state index in [0.29, 0.717) is 16.5 Å². The highest BCUT2D eigenvalue weighted by molar-refractivity contribution is 9.09. The van der Waals surface area contributed by atoms with Crippen LogP contribution in [0.25, 0.3) is 0 Å². The third-order valence-corrected chi connectivity index (χ3v) is 3.54. The Hall–Kier alpha value is -1.43. The van der Waals surface area contributed by atoms with Gasteiger partial charge in [-0.3, -0.25) is 14.9 Å². The molecule has 0 heterocycles. The van der Waals surface area contributed by atoms with Crippen molar-refractivity contribution in [1.29, 1.82) is 0 Å². The summed E-state index contributed by atoms with van der Waals surface area (Å²) >= 11 is 3.31. The Labute approximate surface area is 114 Å². The molecular formula is C12H15BrN2O3. The molecule has 0 bridgehead atoms. The number of alkyl halides is 1. The van der Waals surface area contributed by atoms with Crippen molar-refractivity contribution in [2.45, 2.75) is 26.3 Å². The summed E-state index contributed by atoms with van der Waals surface area (Å²) in [6.45, 7) is 3.55. The number of amides is 1. The zero-order valence-electron chi connectivity index (χ0n) is 10.3. The van der Waals surface area contributed by atoms with E-state index >= 15 is 0 Å². The number of rotatable bonds is 5. The molecule has 1 atom stereocenters. The predicted molar refractivity (Wildman–Crippen MR) is 73.2 cm³/mol. The maximum atomic E-state index is 12.0. The molecule has 0 saturated carbocycles. The van der Waals surface area contributed by atoms with Gasteiger partial charge >= 0.3 is 0 Å². The van der Waals surface area contributed by atoms with Gasteiger partial charge in [-0.2, -0.15) is 0 Å². The van der Waals surface area contributed by atoms with Crippen molar-refractivity contribution >= 4 is 27.5 Å². The lowest BCUT2D eigenvalue weighted by atomic mass is 10.1. The summed E-state index contributed by atoms with van der Waals surface area (Å²) in [5.74, 6) is -0.275. The summed E-state index contributed by atoms with van der Waals surface area (Å²) < 4.78 is 0. The van der Waals surface area contributed by atoms with E-state index in [1.54, 1.807) is 13.0 Å². The van der Waals surface area contributed by atoms with Crippen molar-refractivity contribution in [3.63, 3.8) is 0 Å². The van der Waals surface area contributed by atoms with Gasteiger partial charge in [0.2, 0.25) is 0 Å². The molecule has 1 amide bonds. The van der Waals surface area contributed by atoms with Crippen LogP contribution in [0.1, 0.15) is 29.3 Å². The summed E-state index contributed by atoms with van der Waals surface area (Å²) in [7, 11) is 0. The van der Waals surface area contributed by atoms with Crippen LogP contribution in [-0.2, 0) is 0 Å². The van der Waals surface area contributed by atoms with Crippen molar-refractivity contribution < 1.29 is 9.72 Å². The molecular weight excluding hydrogens is 300 g/mol. The first-order valence-electron chi connectivity index (χ1n) is 5.62. The molecule has 5 nitrogen and oxygen atoms in total. The van der Waals surface area contributed by atoms with Crippen molar-refractivity contribution in [3.8, 4) is 0 Å². The number of carbonyl (C=O) groups is 1. The first-order chi connectivity index (χ1) is 8.51. The number of nitrogens with zero attached hydrogens (tertiary/aromatic N) is 1. The van der Waals surface area contributed by atoms with E-state index in [1.807, 2.05) is 6.92 Å². The third-order valence-electron chi connectivity index (χ3n) is 2.76. The van der Waals surface area contributed by atoms with Crippen LogP contribution < -0.4 is 5.32 Å². The van der Waals surface area contributed by atoms with E-state index < -0.39 is 4.92 Å². The fourth-order valence-corrected chi connectivity index (χ4v) is 2.20. The van der Waals surface area contributed by atoms with Crippen molar-refractivity contribution in [2.75, 3.05) is 5.33 Å². The smallest absolute Gasteiger partial charge is 0.273 e. The van der Waals surface area contributed by atoms with E-state index in [2.05, 4.69) is 21.2 Å². The molecule has 0 fully saturated rings. The molecule has 18 heavy (non-hydrogen) atoms. The molecule has 1 aromatic carbocycles. The Morgan fingerprint density at radius 1 is 1.56 bits per heavy atom. The van der Waals surface area contributed by atoms with Crippen LogP contribution in [0.2, 0.25) is 0 Å². The molecule has 98 valence electrons. The molecule has 1 N–H and O–H groups in total. The van der Waals surface area contributed by atoms with Gasteiger partial charge < -0.3 is 5.32 Å². The highest BCUT2D eigenvalue weighted by Crippen LogP contribution is 2.21. The summed E-state index contributed by atoms with van der Waals surface area (Å²) in [6, 6.07) is 4.54. The number of halogens is 1. The molecule has 0 radical (unpaired) electrons. The largest absolute Gasteiger partial charge is 0.348 e. The topological polar surface area (TPSA) is 72.2 Å². The number of benzene rings is 1. The summed E-state index contributed by atoms with van der Waals surface area (Å²) in [4.78, 5) is 22.3. The molecule has 0 saturated heterocycles. The predicted octanol–water partition coefficient (Wildman–Crippen LogP) is 2.81. The summed E-state index contributed by atoms with van der Waals surface area (Å²) in [5.41, 5.74) is 0.711. The fourth-order valence-electron chi connectivity index (χ4n) is 1.58. The number of nitrogens with one attached hydrogen (secondary N) is 1. The zero-order valence-corrected chi connectivity index (χ0v) is 11.9. The van der Waals surface area contributed by atoms with Crippen LogP contribution in [0, 0.1) is 17.0 Å². The quantitative estimate of drug-likeness (QED) is 0.516. The molecule has 6 heteroatoms. The molecule has 0 aliphatic rings. The first kappa shape index (κ1) is 14.6. The van der Waals surface area contributed by atoms with E-state index in [-0.39, 0.29) is 17.6 Å². The monoisotopic (exact) mass is 314 g/mol. The Morgan fingerprint density at radius 3 is 2.72 bits per heavy atom. The number of hydrogen-bond acceptors (Lipinski definition) is 3. The Bertz CT molecular complexity index is 459. The van der Waals surface area contributed by atoms with Crippen molar-refractivity contribution in [3.05, 3.63) is 39.4 Å². The van der Waals surface area contributed by atoms with Crippen molar-refractivity contribution in [2.24, 2.45) is 0 Å². The maximum absolute atomic E-state index is 12.0. The third kappa shape index (κ3) is 3.29. The average Bonchev–Trinajstić information content (AvgIpc) is 2.35. The van der Waals surface area contributed by atoms with Gasteiger partial charge in [-0.25, -0.2) is 0 Å². The second-order valence-corrected chi connectivity index (χ2v) is 4.59. The van der Waals surface area contributed by atoms with E-state index in [4.69, 9.17) is 0 Å². The minimum atomic E-state index is -0.478.